The molecule has 0 atom stereocenters. The van der Waals surface area contributed by atoms with Crippen molar-refractivity contribution in [2.75, 3.05) is 0 Å². The third-order valence-electron chi connectivity index (χ3n) is 3.00. The quantitative estimate of drug-likeness (QED) is 0.845. The SMILES string of the molecule is CC(=O)Cc1nc(C2CCCC2)ncc1O. The van der Waals surface area contributed by atoms with Crippen LogP contribution >= 0.6 is 0 Å². The number of nitrogens with zero attached hydrogens (tertiary/aromatic N) is 2. The van der Waals surface area contributed by atoms with Gasteiger partial charge in [-0.25, -0.2) is 9.97 Å². The highest BCUT2D eigenvalue weighted by molar-refractivity contribution is 5.78. The second-order valence-electron chi connectivity index (χ2n) is 4.42. The molecule has 1 aromatic rings. The summed E-state index contributed by atoms with van der Waals surface area (Å²) in [6, 6.07) is 0. The van der Waals surface area contributed by atoms with E-state index < -0.39 is 0 Å². The maximum atomic E-state index is 11.0. The second-order valence-corrected chi connectivity index (χ2v) is 4.42. The van der Waals surface area contributed by atoms with Crippen molar-refractivity contribution in [2.45, 2.75) is 44.9 Å². The zero-order chi connectivity index (χ0) is 11.5. The van der Waals surface area contributed by atoms with Crippen molar-refractivity contribution in [1.29, 1.82) is 0 Å². The van der Waals surface area contributed by atoms with Gasteiger partial charge in [0.15, 0.2) is 5.75 Å². The van der Waals surface area contributed by atoms with Gasteiger partial charge in [-0.15, -0.1) is 0 Å². The predicted octanol–water partition coefficient (Wildman–Crippen LogP) is 1.97. The van der Waals surface area contributed by atoms with Crippen LogP contribution in [0.15, 0.2) is 6.20 Å². The molecule has 1 aliphatic rings. The minimum atomic E-state index is 0.00590. The molecule has 0 spiro atoms. The van der Waals surface area contributed by atoms with Gasteiger partial charge in [0.05, 0.1) is 18.3 Å². The summed E-state index contributed by atoms with van der Waals surface area (Å²) < 4.78 is 0. The van der Waals surface area contributed by atoms with Crippen molar-refractivity contribution in [1.82, 2.24) is 9.97 Å². The first-order chi connectivity index (χ1) is 7.66. The van der Waals surface area contributed by atoms with Gasteiger partial charge in [0.25, 0.3) is 0 Å². The Bertz CT molecular complexity index is 398. The Morgan fingerprint density at radius 2 is 2.19 bits per heavy atom. The molecule has 1 aromatic heterocycles. The Balaban J connectivity index is 2.23. The normalized spacial score (nSPS) is 16.6. The summed E-state index contributed by atoms with van der Waals surface area (Å²) in [5.74, 6) is 1.22. The van der Waals surface area contributed by atoms with Crippen molar-refractivity contribution in [3.8, 4) is 5.75 Å². The number of hydrogen-bond acceptors (Lipinski definition) is 4. The van der Waals surface area contributed by atoms with Gasteiger partial charge in [-0.2, -0.15) is 0 Å². The van der Waals surface area contributed by atoms with Crippen LogP contribution in [0.5, 0.6) is 5.75 Å². The van der Waals surface area contributed by atoms with Crippen LogP contribution in [-0.4, -0.2) is 20.9 Å². The Morgan fingerprint density at radius 1 is 1.50 bits per heavy atom. The summed E-state index contributed by atoms with van der Waals surface area (Å²) in [6.45, 7) is 1.50. The molecule has 1 heterocycles. The molecule has 16 heavy (non-hydrogen) atoms. The van der Waals surface area contributed by atoms with E-state index in [0.717, 1.165) is 18.7 Å². The first kappa shape index (κ1) is 11.0. The van der Waals surface area contributed by atoms with Crippen molar-refractivity contribution < 1.29 is 9.90 Å². The summed E-state index contributed by atoms with van der Waals surface area (Å²) in [5, 5.41) is 9.55. The lowest BCUT2D eigenvalue weighted by molar-refractivity contribution is -0.116. The van der Waals surface area contributed by atoms with E-state index in [-0.39, 0.29) is 18.0 Å². The lowest BCUT2D eigenvalue weighted by Crippen LogP contribution is -2.06. The highest BCUT2D eigenvalue weighted by Gasteiger charge is 2.21. The standard InChI is InChI=1S/C12H16N2O2/c1-8(15)6-10-11(16)7-13-12(14-10)9-4-2-3-5-9/h7,9,16H,2-6H2,1H3. The van der Waals surface area contributed by atoms with E-state index in [0.29, 0.717) is 11.6 Å². The van der Waals surface area contributed by atoms with Crippen LogP contribution in [0.2, 0.25) is 0 Å². The topological polar surface area (TPSA) is 63.1 Å². The summed E-state index contributed by atoms with van der Waals surface area (Å²) in [6.07, 6.45) is 6.27. The Kier molecular flexibility index (Phi) is 3.17. The Hall–Kier alpha value is -1.45. The van der Waals surface area contributed by atoms with Crippen LogP contribution in [-0.2, 0) is 11.2 Å². The van der Waals surface area contributed by atoms with Crippen LogP contribution in [0.3, 0.4) is 0 Å². The minimum absolute atomic E-state index is 0.00590. The van der Waals surface area contributed by atoms with E-state index in [1.165, 1.54) is 26.0 Å². The first-order valence-corrected chi connectivity index (χ1v) is 5.71. The second kappa shape index (κ2) is 4.60. The first-order valence-electron chi connectivity index (χ1n) is 5.71. The van der Waals surface area contributed by atoms with Crippen LogP contribution in [0, 0.1) is 0 Å². The molecule has 1 fully saturated rings. The number of rotatable bonds is 3. The van der Waals surface area contributed by atoms with E-state index in [2.05, 4.69) is 9.97 Å². The van der Waals surface area contributed by atoms with Crippen molar-refractivity contribution in [2.24, 2.45) is 0 Å². The highest BCUT2D eigenvalue weighted by atomic mass is 16.3. The molecule has 0 unspecified atom stereocenters. The fourth-order valence-electron chi connectivity index (χ4n) is 2.17. The van der Waals surface area contributed by atoms with E-state index in [4.69, 9.17) is 0 Å². The van der Waals surface area contributed by atoms with Crippen molar-refractivity contribution in [3.05, 3.63) is 17.7 Å². The van der Waals surface area contributed by atoms with E-state index in [1.54, 1.807) is 0 Å². The fraction of sp³-hybridized carbons (Fsp3) is 0.583. The molecule has 0 bridgehead atoms. The number of carbonyl (C=O) groups is 1. The lowest BCUT2D eigenvalue weighted by atomic mass is 10.1. The van der Waals surface area contributed by atoms with Crippen LogP contribution < -0.4 is 0 Å². The highest BCUT2D eigenvalue weighted by Crippen LogP contribution is 2.32. The van der Waals surface area contributed by atoms with Gasteiger partial charge in [0.1, 0.15) is 11.6 Å². The van der Waals surface area contributed by atoms with E-state index in [9.17, 15) is 9.90 Å². The molecule has 0 amide bonds. The number of aromatic nitrogens is 2. The molecule has 2 rings (SSSR count). The average molecular weight is 220 g/mol. The maximum Gasteiger partial charge on any atom is 0.155 e. The molecular weight excluding hydrogens is 204 g/mol. The monoisotopic (exact) mass is 220 g/mol. The summed E-state index contributed by atoms with van der Waals surface area (Å²) in [4.78, 5) is 19.5. The molecule has 4 heteroatoms. The van der Waals surface area contributed by atoms with E-state index in [1.807, 2.05) is 0 Å². The number of Topliss-reactive ketones (excluding diaryl/α,β-unsaturated/α-hetero) is 1. The Labute approximate surface area is 94.7 Å². The van der Waals surface area contributed by atoms with Crippen LogP contribution in [0.4, 0.5) is 0 Å². The van der Waals surface area contributed by atoms with Gasteiger partial charge in [-0.3, -0.25) is 4.79 Å². The van der Waals surface area contributed by atoms with Gasteiger partial charge in [0, 0.05) is 5.92 Å². The fourth-order valence-corrected chi connectivity index (χ4v) is 2.17. The lowest BCUT2D eigenvalue weighted by Gasteiger charge is -2.09. The average Bonchev–Trinajstić information content (AvgIpc) is 2.73. The third kappa shape index (κ3) is 2.38. The zero-order valence-corrected chi connectivity index (χ0v) is 9.44. The summed E-state index contributed by atoms with van der Waals surface area (Å²) >= 11 is 0. The molecule has 1 saturated carbocycles. The minimum Gasteiger partial charge on any atom is -0.504 e. The number of aromatic hydroxyl groups is 1. The molecule has 0 aromatic carbocycles. The zero-order valence-electron chi connectivity index (χ0n) is 9.44. The molecule has 0 saturated heterocycles. The van der Waals surface area contributed by atoms with Crippen molar-refractivity contribution >= 4 is 5.78 Å². The maximum absolute atomic E-state index is 11.0. The summed E-state index contributed by atoms with van der Waals surface area (Å²) in [7, 11) is 0. The smallest absolute Gasteiger partial charge is 0.155 e. The summed E-state index contributed by atoms with van der Waals surface area (Å²) in [5.41, 5.74) is 0.462. The van der Waals surface area contributed by atoms with Crippen LogP contribution in [0.1, 0.15) is 50.0 Å². The van der Waals surface area contributed by atoms with E-state index >= 15 is 0 Å². The molecule has 1 N–H and O–H groups in total. The largest absolute Gasteiger partial charge is 0.504 e. The Morgan fingerprint density at radius 3 is 2.81 bits per heavy atom. The van der Waals surface area contributed by atoms with Gasteiger partial charge >= 0.3 is 0 Å². The molecule has 0 aliphatic heterocycles. The third-order valence-corrected chi connectivity index (χ3v) is 3.00. The van der Waals surface area contributed by atoms with Gasteiger partial charge in [-0.1, -0.05) is 12.8 Å². The molecule has 0 radical (unpaired) electrons. The van der Waals surface area contributed by atoms with Gasteiger partial charge in [0.2, 0.25) is 0 Å². The number of carbonyl (C=O) groups excluding carboxylic acids is 1. The molecular formula is C12H16N2O2. The molecule has 1 aliphatic carbocycles. The number of hydrogen-bond donors (Lipinski definition) is 1. The number of ketones is 1. The predicted molar refractivity (Wildman–Crippen MR) is 59.3 cm³/mol. The van der Waals surface area contributed by atoms with Crippen molar-refractivity contribution in [3.63, 3.8) is 0 Å². The molecule has 86 valence electrons. The van der Waals surface area contributed by atoms with Gasteiger partial charge in [-0.05, 0) is 19.8 Å². The molecule has 4 nitrogen and oxygen atoms in total. The van der Waals surface area contributed by atoms with Gasteiger partial charge < -0.3 is 5.11 Å². The van der Waals surface area contributed by atoms with Crippen LogP contribution in [0.25, 0.3) is 0 Å².